The molecule has 1 heterocycles. The van der Waals surface area contributed by atoms with Crippen molar-refractivity contribution in [3.8, 4) is 5.75 Å². The maximum atomic E-state index is 12.4. The molecule has 1 aromatic carbocycles. The van der Waals surface area contributed by atoms with Crippen LogP contribution in [0.3, 0.4) is 0 Å². The highest BCUT2D eigenvalue weighted by atomic mass is 19.3. The van der Waals surface area contributed by atoms with Crippen LogP contribution >= 0.6 is 0 Å². The number of carboxylic acid groups (broad SMARTS) is 1. The van der Waals surface area contributed by atoms with Crippen LogP contribution in [0.25, 0.3) is 0 Å². The predicted octanol–water partition coefficient (Wildman–Crippen LogP) is 1.73. The van der Waals surface area contributed by atoms with Crippen molar-refractivity contribution in [1.29, 1.82) is 0 Å². The minimum Gasteiger partial charge on any atom is -0.481 e. The first-order chi connectivity index (χ1) is 12.8. The van der Waals surface area contributed by atoms with E-state index >= 15 is 0 Å². The molecule has 9 heteroatoms. The molecule has 1 aliphatic heterocycles. The average molecular weight is 382 g/mol. The number of likely N-dealkylation sites (tertiary alicyclic amines) is 1. The Morgan fingerprint density at radius 1 is 1.33 bits per heavy atom. The van der Waals surface area contributed by atoms with Gasteiger partial charge in [0.05, 0.1) is 17.5 Å². The third-order valence-corrected chi connectivity index (χ3v) is 5.40. The van der Waals surface area contributed by atoms with E-state index in [1.165, 1.54) is 29.2 Å². The summed E-state index contributed by atoms with van der Waals surface area (Å²) in [6, 6.07) is 5.50. The average Bonchev–Trinajstić information content (AvgIpc) is 3.18. The van der Waals surface area contributed by atoms with Crippen LogP contribution in [0.15, 0.2) is 24.3 Å². The van der Waals surface area contributed by atoms with Crippen LogP contribution in [0.2, 0.25) is 0 Å². The largest absolute Gasteiger partial charge is 0.481 e. The molecule has 0 aromatic heterocycles. The topological polar surface area (TPSA) is 95.9 Å². The van der Waals surface area contributed by atoms with E-state index in [9.17, 15) is 28.3 Å². The van der Waals surface area contributed by atoms with Gasteiger partial charge in [-0.2, -0.15) is 8.78 Å². The molecule has 2 N–H and O–H groups in total. The lowest BCUT2D eigenvalue weighted by molar-refractivity contribution is -0.149. The van der Waals surface area contributed by atoms with Crippen LogP contribution in [-0.4, -0.2) is 54.0 Å². The first-order valence-electron chi connectivity index (χ1n) is 8.67. The van der Waals surface area contributed by atoms with Gasteiger partial charge >= 0.3 is 12.6 Å². The molecule has 0 bridgehead atoms. The summed E-state index contributed by atoms with van der Waals surface area (Å²) in [4.78, 5) is 37.8. The van der Waals surface area contributed by atoms with Crippen LogP contribution in [0.5, 0.6) is 5.75 Å². The first kappa shape index (κ1) is 19.1. The van der Waals surface area contributed by atoms with Gasteiger partial charge in [-0.1, -0.05) is 18.6 Å². The lowest BCUT2D eigenvalue weighted by atomic mass is 9.81. The molecular weight excluding hydrogens is 362 g/mol. The minimum atomic E-state index is -3.07. The molecule has 0 spiro atoms. The van der Waals surface area contributed by atoms with Gasteiger partial charge in [0.15, 0.2) is 0 Å². The van der Waals surface area contributed by atoms with Gasteiger partial charge in [-0.05, 0) is 30.9 Å². The number of amides is 2. The summed E-state index contributed by atoms with van der Waals surface area (Å²) in [7, 11) is 0. The van der Waals surface area contributed by atoms with E-state index in [4.69, 9.17) is 0 Å². The Morgan fingerprint density at radius 2 is 2.07 bits per heavy atom. The number of rotatable bonds is 6. The van der Waals surface area contributed by atoms with Crippen molar-refractivity contribution in [3.05, 3.63) is 29.8 Å². The second kappa shape index (κ2) is 7.50. The number of alkyl halides is 2. The molecule has 1 saturated carbocycles. The molecule has 2 aliphatic rings. The zero-order chi connectivity index (χ0) is 19.6. The van der Waals surface area contributed by atoms with E-state index in [2.05, 4.69) is 10.1 Å². The quantitative estimate of drug-likeness (QED) is 0.781. The number of benzene rings is 1. The fourth-order valence-electron chi connectivity index (χ4n) is 4.04. The van der Waals surface area contributed by atoms with Gasteiger partial charge in [0.25, 0.3) is 5.91 Å². The van der Waals surface area contributed by atoms with Crippen molar-refractivity contribution < 1.29 is 33.0 Å². The number of fused-ring (bicyclic) bond motifs is 1. The molecule has 1 saturated heterocycles. The van der Waals surface area contributed by atoms with Crippen molar-refractivity contribution in [2.24, 2.45) is 11.3 Å². The highest BCUT2D eigenvalue weighted by Gasteiger charge is 2.55. The van der Waals surface area contributed by atoms with Crippen molar-refractivity contribution in [3.63, 3.8) is 0 Å². The number of aliphatic carboxylic acids is 1. The van der Waals surface area contributed by atoms with Gasteiger partial charge in [-0.25, -0.2) is 0 Å². The molecule has 2 fully saturated rings. The van der Waals surface area contributed by atoms with E-state index in [1.54, 1.807) is 0 Å². The molecule has 1 aromatic rings. The smallest absolute Gasteiger partial charge is 0.387 e. The van der Waals surface area contributed by atoms with Crippen LogP contribution in [0.4, 0.5) is 8.78 Å². The Kier molecular flexibility index (Phi) is 5.29. The van der Waals surface area contributed by atoms with Gasteiger partial charge in [-0.15, -0.1) is 0 Å². The molecule has 0 unspecified atom stereocenters. The summed E-state index contributed by atoms with van der Waals surface area (Å²) >= 11 is 0. The second-order valence-corrected chi connectivity index (χ2v) is 6.88. The summed E-state index contributed by atoms with van der Waals surface area (Å²) in [6.07, 6.45) is 2.14. The maximum Gasteiger partial charge on any atom is 0.387 e. The monoisotopic (exact) mass is 382 g/mol. The van der Waals surface area contributed by atoms with Crippen molar-refractivity contribution >= 4 is 17.8 Å². The highest BCUT2D eigenvalue weighted by molar-refractivity contribution is 5.98. The van der Waals surface area contributed by atoms with Crippen LogP contribution in [0, 0.1) is 11.3 Å². The number of ether oxygens (including phenoxy) is 1. The van der Waals surface area contributed by atoms with Crippen molar-refractivity contribution in [1.82, 2.24) is 10.2 Å². The number of hydrogen-bond donors (Lipinski definition) is 2. The standard InChI is InChI=1S/C18H20F2N2O5/c19-17(20)27-13-6-2-1-5-12(13)15(24)21-8-14(23)22-9-11-4-3-7-18(11,10-22)16(25)26/h1-2,5-6,11,17H,3-4,7-10H2,(H,21,24)(H,25,26)/t11-,18+/m0/s1. The first-order valence-corrected chi connectivity index (χ1v) is 8.67. The summed E-state index contributed by atoms with van der Waals surface area (Å²) in [5.41, 5.74) is -0.997. The Morgan fingerprint density at radius 3 is 2.74 bits per heavy atom. The molecule has 0 radical (unpaired) electrons. The minimum absolute atomic E-state index is 0.0742. The number of carbonyl (C=O) groups excluding carboxylic acids is 2. The summed E-state index contributed by atoms with van der Waals surface area (Å²) in [5.74, 6) is -2.35. The van der Waals surface area contributed by atoms with Crippen molar-refractivity contribution in [2.45, 2.75) is 25.9 Å². The zero-order valence-electron chi connectivity index (χ0n) is 14.5. The van der Waals surface area contributed by atoms with Crippen molar-refractivity contribution in [2.75, 3.05) is 19.6 Å². The Bertz CT molecular complexity index is 757. The molecule has 27 heavy (non-hydrogen) atoms. The molecule has 1 aliphatic carbocycles. The predicted molar refractivity (Wildman–Crippen MR) is 89.4 cm³/mol. The zero-order valence-corrected chi connectivity index (χ0v) is 14.5. The van der Waals surface area contributed by atoms with Gasteiger partial charge < -0.3 is 20.1 Å². The van der Waals surface area contributed by atoms with E-state index < -0.39 is 29.8 Å². The van der Waals surface area contributed by atoms with Gasteiger partial charge in [-0.3, -0.25) is 14.4 Å². The molecule has 146 valence electrons. The van der Waals surface area contributed by atoms with Crippen LogP contribution in [-0.2, 0) is 9.59 Å². The number of nitrogens with zero attached hydrogens (tertiary/aromatic N) is 1. The number of carbonyl (C=O) groups is 3. The third kappa shape index (κ3) is 3.72. The highest BCUT2D eigenvalue weighted by Crippen LogP contribution is 2.48. The normalized spacial score (nSPS) is 24.0. The van der Waals surface area contributed by atoms with E-state index in [0.717, 1.165) is 12.8 Å². The van der Waals surface area contributed by atoms with E-state index in [-0.39, 0.29) is 30.3 Å². The lowest BCUT2D eigenvalue weighted by Gasteiger charge is -2.23. The van der Waals surface area contributed by atoms with Crippen LogP contribution < -0.4 is 10.1 Å². The van der Waals surface area contributed by atoms with Gasteiger partial charge in [0.2, 0.25) is 5.91 Å². The number of para-hydroxylation sites is 1. The molecule has 3 rings (SSSR count). The lowest BCUT2D eigenvalue weighted by Crippen LogP contribution is -2.41. The Labute approximate surface area is 154 Å². The molecule has 2 amide bonds. The third-order valence-electron chi connectivity index (χ3n) is 5.40. The Balaban J connectivity index is 1.60. The summed E-state index contributed by atoms with van der Waals surface area (Å²) in [6.45, 7) is -2.93. The fraction of sp³-hybridized carbons (Fsp3) is 0.500. The second-order valence-electron chi connectivity index (χ2n) is 6.88. The molecular formula is C18H20F2N2O5. The molecule has 2 atom stereocenters. The maximum absolute atomic E-state index is 12.4. The number of halogens is 2. The van der Waals surface area contributed by atoms with Gasteiger partial charge in [0, 0.05) is 13.1 Å². The number of hydrogen-bond acceptors (Lipinski definition) is 4. The van der Waals surface area contributed by atoms with E-state index in [0.29, 0.717) is 13.0 Å². The van der Waals surface area contributed by atoms with Gasteiger partial charge in [0.1, 0.15) is 5.75 Å². The summed E-state index contributed by atoms with van der Waals surface area (Å²) < 4.78 is 29.2. The number of carboxylic acids is 1. The summed E-state index contributed by atoms with van der Waals surface area (Å²) in [5, 5.41) is 12.0. The fourth-order valence-corrected chi connectivity index (χ4v) is 4.04. The SMILES string of the molecule is O=C(NCC(=O)N1C[C@@H]2CCC[C@@]2(C(=O)O)C1)c1ccccc1OC(F)F. The Hall–Kier alpha value is -2.71. The number of nitrogens with one attached hydrogen (secondary N) is 1. The van der Waals surface area contributed by atoms with Crippen LogP contribution in [0.1, 0.15) is 29.6 Å². The van der Waals surface area contributed by atoms with E-state index in [1.807, 2.05) is 0 Å². The molecule has 7 nitrogen and oxygen atoms in total.